The minimum atomic E-state index is -3.73. The number of benzene rings is 2. The Labute approximate surface area is 133 Å². The van der Waals surface area contributed by atoms with Gasteiger partial charge in [-0.05, 0) is 37.3 Å². The van der Waals surface area contributed by atoms with E-state index in [4.69, 9.17) is 16.7 Å². The van der Waals surface area contributed by atoms with Gasteiger partial charge in [-0.15, -0.1) is 0 Å². The van der Waals surface area contributed by atoms with Gasteiger partial charge in [0.25, 0.3) is 10.0 Å². The van der Waals surface area contributed by atoms with Crippen molar-refractivity contribution in [1.29, 1.82) is 0 Å². The number of rotatable bonds is 4. The Kier molecular flexibility index (Phi) is 4.44. The number of hydrogen-bond acceptors (Lipinski definition) is 3. The van der Waals surface area contributed by atoms with Crippen molar-refractivity contribution < 1.29 is 18.3 Å². The lowest BCUT2D eigenvalue weighted by Crippen LogP contribution is -2.26. The second-order valence-corrected chi connectivity index (χ2v) is 7.13. The first kappa shape index (κ1) is 16.3. The van der Waals surface area contributed by atoms with Crippen LogP contribution in [0.4, 0.5) is 5.69 Å². The summed E-state index contributed by atoms with van der Waals surface area (Å²) in [5.41, 5.74) is 1.16. The Morgan fingerprint density at radius 1 is 1.14 bits per heavy atom. The van der Waals surface area contributed by atoms with E-state index in [1.807, 2.05) is 6.92 Å². The van der Waals surface area contributed by atoms with E-state index in [1.165, 1.54) is 37.4 Å². The maximum Gasteiger partial charge on any atom is 0.337 e. The van der Waals surface area contributed by atoms with Gasteiger partial charge in [0.15, 0.2) is 0 Å². The maximum absolute atomic E-state index is 12.5. The molecule has 0 fully saturated rings. The molecule has 5 nitrogen and oxygen atoms in total. The second-order valence-electron chi connectivity index (χ2n) is 4.75. The maximum atomic E-state index is 12.5. The van der Waals surface area contributed by atoms with Gasteiger partial charge in [-0.25, -0.2) is 13.2 Å². The van der Waals surface area contributed by atoms with E-state index >= 15 is 0 Å². The summed E-state index contributed by atoms with van der Waals surface area (Å²) in [5.74, 6) is -1.17. The van der Waals surface area contributed by atoms with E-state index in [2.05, 4.69) is 0 Å². The van der Waals surface area contributed by atoms with Gasteiger partial charge in [0.1, 0.15) is 0 Å². The van der Waals surface area contributed by atoms with Crippen molar-refractivity contribution in [3.05, 3.63) is 58.6 Å². The summed E-state index contributed by atoms with van der Waals surface area (Å²) in [6.07, 6.45) is 0. The van der Waals surface area contributed by atoms with Crippen LogP contribution in [0.1, 0.15) is 15.9 Å². The molecule has 116 valence electrons. The number of anilines is 1. The van der Waals surface area contributed by atoms with Gasteiger partial charge in [-0.3, -0.25) is 4.31 Å². The largest absolute Gasteiger partial charge is 0.478 e. The highest BCUT2D eigenvalue weighted by Gasteiger charge is 2.22. The Morgan fingerprint density at radius 2 is 1.73 bits per heavy atom. The molecule has 0 amide bonds. The zero-order chi connectivity index (χ0) is 16.5. The van der Waals surface area contributed by atoms with E-state index in [-0.39, 0.29) is 21.2 Å². The molecule has 0 aliphatic heterocycles. The molecular formula is C15H14ClNO4S. The van der Waals surface area contributed by atoms with Crippen molar-refractivity contribution in [2.24, 2.45) is 0 Å². The van der Waals surface area contributed by atoms with Crippen molar-refractivity contribution in [2.75, 3.05) is 11.4 Å². The summed E-state index contributed by atoms with van der Waals surface area (Å²) in [6.45, 7) is 1.87. The third kappa shape index (κ3) is 3.08. The molecule has 22 heavy (non-hydrogen) atoms. The fourth-order valence-electron chi connectivity index (χ4n) is 1.88. The number of sulfonamides is 1. The first-order chi connectivity index (χ1) is 10.2. The molecule has 0 aliphatic rings. The molecule has 0 aliphatic carbocycles. The van der Waals surface area contributed by atoms with Crippen molar-refractivity contribution >= 4 is 33.3 Å². The van der Waals surface area contributed by atoms with Gasteiger partial charge in [0.2, 0.25) is 0 Å². The monoisotopic (exact) mass is 339 g/mol. The minimum absolute atomic E-state index is 0.0176. The average molecular weight is 340 g/mol. The first-order valence-corrected chi connectivity index (χ1v) is 8.13. The predicted octanol–water partition coefficient (Wildman–Crippen LogP) is 3.17. The van der Waals surface area contributed by atoms with Gasteiger partial charge >= 0.3 is 5.97 Å². The van der Waals surface area contributed by atoms with Crippen molar-refractivity contribution in [2.45, 2.75) is 11.8 Å². The fourth-order valence-corrected chi connectivity index (χ4v) is 3.32. The standard InChI is InChI=1S/C15H14ClNO4S/c1-10-3-6-12(7-4-10)22(20,21)17(2)11-5-8-13(15(18)19)14(16)9-11/h3-9H,1-2H3,(H,18,19). The highest BCUT2D eigenvalue weighted by atomic mass is 35.5. The van der Waals surface area contributed by atoms with Crippen LogP contribution in [0, 0.1) is 6.92 Å². The summed E-state index contributed by atoms with van der Waals surface area (Å²) in [7, 11) is -2.34. The van der Waals surface area contributed by atoms with Gasteiger partial charge in [0.05, 0.1) is 21.2 Å². The SMILES string of the molecule is Cc1ccc(S(=O)(=O)N(C)c2ccc(C(=O)O)c(Cl)c2)cc1. The first-order valence-electron chi connectivity index (χ1n) is 6.32. The second kappa shape index (κ2) is 5.98. The van der Waals surface area contributed by atoms with Gasteiger partial charge < -0.3 is 5.11 Å². The Morgan fingerprint density at radius 3 is 2.23 bits per heavy atom. The quantitative estimate of drug-likeness (QED) is 0.928. The molecule has 0 spiro atoms. The van der Waals surface area contributed by atoms with Crippen LogP contribution in [0.25, 0.3) is 0 Å². The van der Waals surface area contributed by atoms with Gasteiger partial charge in [-0.1, -0.05) is 29.3 Å². The molecule has 2 aromatic carbocycles. The summed E-state index contributed by atoms with van der Waals surface area (Å²) in [5, 5.41) is 8.93. The molecule has 2 aromatic rings. The summed E-state index contributed by atoms with van der Waals surface area (Å²) in [4.78, 5) is 11.1. The average Bonchev–Trinajstić information content (AvgIpc) is 2.46. The topological polar surface area (TPSA) is 74.7 Å². The Balaban J connectivity index is 2.42. The van der Waals surface area contributed by atoms with Crippen molar-refractivity contribution in [1.82, 2.24) is 0 Å². The molecular weight excluding hydrogens is 326 g/mol. The van der Waals surface area contributed by atoms with E-state index in [1.54, 1.807) is 12.1 Å². The lowest BCUT2D eigenvalue weighted by Gasteiger charge is -2.20. The lowest BCUT2D eigenvalue weighted by molar-refractivity contribution is 0.0697. The van der Waals surface area contributed by atoms with Crippen LogP contribution in [0.15, 0.2) is 47.4 Å². The van der Waals surface area contributed by atoms with Crippen LogP contribution in [-0.2, 0) is 10.0 Å². The molecule has 0 unspecified atom stereocenters. The predicted molar refractivity (Wildman–Crippen MR) is 85.2 cm³/mol. The number of carbonyl (C=O) groups is 1. The molecule has 7 heteroatoms. The number of aryl methyl sites for hydroxylation is 1. The van der Waals surface area contributed by atoms with Gasteiger partial charge in [-0.2, -0.15) is 0 Å². The molecule has 0 aromatic heterocycles. The van der Waals surface area contributed by atoms with Crippen LogP contribution in [0.3, 0.4) is 0 Å². The molecule has 0 saturated heterocycles. The van der Waals surface area contributed by atoms with E-state index in [9.17, 15) is 13.2 Å². The Hall–Kier alpha value is -2.05. The number of hydrogen-bond donors (Lipinski definition) is 1. The third-order valence-electron chi connectivity index (χ3n) is 3.23. The summed E-state index contributed by atoms with van der Waals surface area (Å²) < 4.78 is 26.1. The summed E-state index contributed by atoms with van der Waals surface area (Å²) in [6, 6.07) is 10.5. The number of carboxylic acids is 1. The van der Waals surface area contributed by atoms with Crippen LogP contribution in [0.5, 0.6) is 0 Å². The lowest BCUT2D eigenvalue weighted by atomic mass is 10.2. The summed E-state index contributed by atoms with van der Waals surface area (Å²) >= 11 is 5.88. The van der Waals surface area contributed by atoms with E-state index in [0.29, 0.717) is 0 Å². The van der Waals surface area contributed by atoms with Crippen LogP contribution in [0.2, 0.25) is 5.02 Å². The highest BCUT2D eigenvalue weighted by Crippen LogP contribution is 2.27. The van der Waals surface area contributed by atoms with Crippen LogP contribution < -0.4 is 4.31 Å². The molecule has 0 bridgehead atoms. The van der Waals surface area contributed by atoms with Crippen molar-refractivity contribution in [3.63, 3.8) is 0 Å². The van der Waals surface area contributed by atoms with Gasteiger partial charge in [0, 0.05) is 7.05 Å². The van der Waals surface area contributed by atoms with Crippen LogP contribution >= 0.6 is 11.6 Å². The van der Waals surface area contributed by atoms with E-state index < -0.39 is 16.0 Å². The number of nitrogens with zero attached hydrogens (tertiary/aromatic N) is 1. The molecule has 2 rings (SSSR count). The number of carboxylic acid groups (broad SMARTS) is 1. The Bertz CT molecular complexity index is 816. The van der Waals surface area contributed by atoms with Crippen LogP contribution in [-0.4, -0.2) is 26.5 Å². The third-order valence-corrected chi connectivity index (χ3v) is 5.34. The number of aromatic carboxylic acids is 1. The van der Waals surface area contributed by atoms with E-state index in [0.717, 1.165) is 9.87 Å². The van der Waals surface area contributed by atoms with Crippen molar-refractivity contribution in [3.8, 4) is 0 Å². The molecule has 1 N–H and O–H groups in total. The highest BCUT2D eigenvalue weighted by molar-refractivity contribution is 7.92. The minimum Gasteiger partial charge on any atom is -0.478 e. The molecule has 0 saturated carbocycles. The number of halogens is 1. The smallest absolute Gasteiger partial charge is 0.337 e. The zero-order valence-corrected chi connectivity index (χ0v) is 13.5. The normalized spacial score (nSPS) is 11.2. The fraction of sp³-hybridized carbons (Fsp3) is 0.133. The molecule has 0 atom stereocenters. The molecule has 0 radical (unpaired) electrons. The molecule has 0 heterocycles. The zero-order valence-electron chi connectivity index (χ0n) is 11.9.